The van der Waals surface area contributed by atoms with Crippen LogP contribution in [0.5, 0.6) is 0 Å². The molecule has 0 aliphatic rings. The molecule has 0 aliphatic heterocycles. The lowest BCUT2D eigenvalue weighted by atomic mass is 10.1. The SMILES string of the molecule is O=C(NCCCCCNC(=O)Nc1ccc2ccccc2c1)Nc1ccc2ccccc2c1. The molecule has 4 N–H and O–H groups in total. The Morgan fingerprint density at radius 3 is 1.39 bits per heavy atom. The second-order valence-corrected chi connectivity index (χ2v) is 7.95. The molecule has 4 amide bonds. The zero-order valence-electron chi connectivity index (χ0n) is 18.4. The molecule has 0 radical (unpaired) electrons. The molecule has 6 nitrogen and oxygen atoms in total. The Labute approximate surface area is 193 Å². The highest BCUT2D eigenvalue weighted by Crippen LogP contribution is 2.19. The van der Waals surface area contributed by atoms with Gasteiger partial charge in [0.2, 0.25) is 0 Å². The maximum atomic E-state index is 12.1. The zero-order valence-corrected chi connectivity index (χ0v) is 18.4. The molecule has 168 valence electrons. The van der Waals surface area contributed by atoms with E-state index in [4.69, 9.17) is 0 Å². The Hall–Kier alpha value is -4.06. The van der Waals surface area contributed by atoms with Gasteiger partial charge in [-0.05, 0) is 65.1 Å². The fourth-order valence-electron chi connectivity index (χ4n) is 3.72. The summed E-state index contributed by atoms with van der Waals surface area (Å²) in [6, 6.07) is 27.4. The molecular weight excluding hydrogens is 412 g/mol. The largest absolute Gasteiger partial charge is 0.338 e. The van der Waals surface area contributed by atoms with Crippen LogP contribution in [-0.4, -0.2) is 25.2 Å². The number of hydrogen-bond donors (Lipinski definition) is 4. The van der Waals surface area contributed by atoms with Crippen molar-refractivity contribution >= 4 is 45.0 Å². The van der Waals surface area contributed by atoms with Gasteiger partial charge in [0.25, 0.3) is 0 Å². The van der Waals surface area contributed by atoms with Gasteiger partial charge in [0.05, 0.1) is 0 Å². The van der Waals surface area contributed by atoms with Crippen molar-refractivity contribution in [3.05, 3.63) is 84.9 Å². The van der Waals surface area contributed by atoms with Crippen molar-refractivity contribution < 1.29 is 9.59 Å². The van der Waals surface area contributed by atoms with Gasteiger partial charge in [-0.3, -0.25) is 0 Å². The minimum Gasteiger partial charge on any atom is -0.338 e. The summed E-state index contributed by atoms with van der Waals surface area (Å²) < 4.78 is 0. The maximum Gasteiger partial charge on any atom is 0.319 e. The summed E-state index contributed by atoms with van der Waals surface area (Å²) in [6.07, 6.45) is 2.60. The Kier molecular flexibility index (Phi) is 7.38. The topological polar surface area (TPSA) is 82.3 Å². The van der Waals surface area contributed by atoms with E-state index in [0.717, 1.165) is 52.2 Å². The molecule has 0 spiro atoms. The summed E-state index contributed by atoms with van der Waals surface area (Å²) in [5.41, 5.74) is 1.54. The predicted molar refractivity (Wildman–Crippen MR) is 136 cm³/mol. The number of fused-ring (bicyclic) bond motifs is 2. The first-order valence-corrected chi connectivity index (χ1v) is 11.2. The van der Waals surface area contributed by atoms with E-state index in [0.29, 0.717) is 13.1 Å². The van der Waals surface area contributed by atoms with Gasteiger partial charge >= 0.3 is 12.1 Å². The quantitative estimate of drug-likeness (QED) is 0.249. The van der Waals surface area contributed by atoms with E-state index in [-0.39, 0.29) is 12.1 Å². The average molecular weight is 441 g/mol. The molecule has 0 saturated carbocycles. The van der Waals surface area contributed by atoms with Gasteiger partial charge in [-0.1, -0.05) is 60.7 Å². The second-order valence-electron chi connectivity index (χ2n) is 7.95. The van der Waals surface area contributed by atoms with Crippen molar-refractivity contribution in [3.8, 4) is 0 Å². The fraction of sp³-hybridized carbons (Fsp3) is 0.185. The fourth-order valence-corrected chi connectivity index (χ4v) is 3.72. The number of anilines is 2. The highest BCUT2D eigenvalue weighted by molar-refractivity contribution is 5.94. The first kappa shape index (κ1) is 22.1. The molecule has 0 aliphatic carbocycles. The molecule has 4 rings (SSSR count). The van der Waals surface area contributed by atoms with Gasteiger partial charge in [-0.2, -0.15) is 0 Å². The number of carbonyl (C=O) groups excluding carboxylic acids is 2. The minimum atomic E-state index is -0.210. The molecular formula is C27H28N4O2. The van der Waals surface area contributed by atoms with Crippen molar-refractivity contribution in [1.29, 1.82) is 0 Å². The van der Waals surface area contributed by atoms with Crippen molar-refractivity contribution in [1.82, 2.24) is 10.6 Å². The Morgan fingerprint density at radius 1 is 0.515 bits per heavy atom. The highest BCUT2D eigenvalue weighted by Gasteiger charge is 2.04. The van der Waals surface area contributed by atoms with Crippen molar-refractivity contribution in [3.63, 3.8) is 0 Å². The molecule has 0 bridgehead atoms. The molecule has 0 unspecified atom stereocenters. The molecule has 0 saturated heterocycles. The van der Waals surface area contributed by atoms with E-state index in [2.05, 4.69) is 21.3 Å². The lowest BCUT2D eigenvalue weighted by molar-refractivity contribution is 0.251. The van der Waals surface area contributed by atoms with E-state index in [1.165, 1.54) is 0 Å². The van der Waals surface area contributed by atoms with Gasteiger partial charge in [0, 0.05) is 24.5 Å². The van der Waals surface area contributed by atoms with Crippen LogP contribution in [0, 0.1) is 0 Å². The molecule has 6 heteroatoms. The van der Waals surface area contributed by atoms with Crippen LogP contribution in [0.2, 0.25) is 0 Å². The van der Waals surface area contributed by atoms with Crippen molar-refractivity contribution in [2.45, 2.75) is 19.3 Å². The number of amides is 4. The first-order valence-electron chi connectivity index (χ1n) is 11.2. The Bertz CT molecular complexity index is 1160. The van der Waals surface area contributed by atoms with Gasteiger partial charge in [0.15, 0.2) is 0 Å². The standard InChI is InChI=1S/C27H28N4O2/c32-26(30-24-14-12-20-8-2-4-10-22(20)18-24)28-16-6-1-7-17-29-27(33)31-25-15-13-21-9-3-5-11-23(21)19-25/h2-5,8-15,18-19H,1,6-7,16-17H2,(H2,28,30,32)(H2,29,31,33). The molecule has 33 heavy (non-hydrogen) atoms. The summed E-state index contributed by atoms with van der Waals surface area (Å²) in [5, 5.41) is 16.0. The Morgan fingerprint density at radius 2 is 0.939 bits per heavy atom. The molecule has 4 aromatic carbocycles. The van der Waals surface area contributed by atoms with E-state index in [1.54, 1.807) is 0 Å². The zero-order chi connectivity index (χ0) is 22.9. The number of nitrogens with one attached hydrogen (secondary N) is 4. The summed E-state index contributed by atoms with van der Waals surface area (Å²) >= 11 is 0. The molecule has 4 aromatic rings. The number of carbonyl (C=O) groups is 2. The van der Waals surface area contributed by atoms with E-state index < -0.39 is 0 Å². The monoisotopic (exact) mass is 440 g/mol. The van der Waals surface area contributed by atoms with Gasteiger partial charge in [-0.25, -0.2) is 9.59 Å². The average Bonchev–Trinajstić information content (AvgIpc) is 2.83. The number of hydrogen-bond acceptors (Lipinski definition) is 2. The third kappa shape index (κ3) is 6.46. The number of urea groups is 2. The van der Waals surface area contributed by atoms with E-state index in [9.17, 15) is 9.59 Å². The van der Waals surface area contributed by atoms with Crippen LogP contribution in [0.25, 0.3) is 21.5 Å². The molecule has 0 atom stereocenters. The Balaban J connectivity index is 1.08. The summed E-state index contributed by atoms with van der Waals surface area (Å²) in [6.45, 7) is 1.17. The third-order valence-corrected chi connectivity index (χ3v) is 5.44. The molecule has 0 heterocycles. The second kappa shape index (κ2) is 11.0. The summed E-state index contributed by atoms with van der Waals surface area (Å²) in [5.74, 6) is 0. The lowest BCUT2D eigenvalue weighted by Gasteiger charge is -2.10. The summed E-state index contributed by atoms with van der Waals surface area (Å²) in [7, 11) is 0. The van der Waals surface area contributed by atoms with Crippen LogP contribution in [0.3, 0.4) is 0 Å². The summed E-state index contributed by atoms with van der Waals surface area (Å²) in [4.78, 5) is 24.2. The highest BCUT2D eigenvalue weighted by atomic mass is 16.2. The predicted octanol–water partition coefficient (Wildman–Crippen LogP) is 6.11. The smallest absolute Gasteiger partial charge is 0.319 e. The minimum absolute atomic E-state index is 0.210. The van der Waals surface area contributed by atoms with Gasteiger partial charge in [-0.15, -0.1) is 0 Å². The number of unbranched alkanes of at least 4 members (excludes halogenated alkanes) is 2. The van der Waals surface area contributed by atoms with Crippen molar-refractivity contribution in [2.75, 3.05) is 23.7 Å². The van der Waals surface area contributed by atoms with Crippen LogP contribution < -0.4 is 21.3 Å². The number of rotatable bonds is 8. The molecule has 0 fully saturated rings. The van der Waals surface area contributed by atoms with Gasteiger partial charge < -0.3 is 21.3 Å². The lowest BCUT2D eigenvalue weighted by Crippen LogP contribution is -2.30. The van der Waals surface area contributed by atoms with Gasteiger partial charge in [0.1, 0.15) is 0 Å². The number of benzene rings is 4. The van der Waals surface area contributed by atoms with Crippen LogP contribution >= 0.6 is 0 Å². The molecule has 0 aromatic heterocycles. The normalized spacial score (nSPS) is 10.7. The van der Waals surface area contributed by atoms with Crippen LogP contribution in [0.1, 0.15) is 19.3 Å². The maximum absolute atomic E-state index is 12.1. The van der Waals surface area contributed by atoms with Crippen molar-refractivity contribution in [2.24, 2.45) is 0 Å². The van der Waals surface area contributed by atoms with Crippen LogP contribution in [0.4, 0.5) is 21.0 Å². The van der Waals surface area contributed by atoms with Crippen LogP contribution in [0.15, 0.2) is 84.9 Å². The first-order chi connectivity index (χ1) is 16.2. The van der Waals surface area contributed by atoms with E-state index >= 15 is 0 Å². The van der Waals surface area contributed by atoms with E-state index in [1.807, 2.05) is 84.9 Å². The third-order valence-electron chi connectivity index (χ3n) is 5.44. The van der Waals surface area contributed by atoms with Crippen LogP contribution in [-0.2, 0) is 0 Å².